The zero-order valence-electron chi connectivity index (χ0n) is 11.4. The first-order valence-corrected chi connectivity index (χ1v) is 6.88. The van der Waals surface area contributed by atoms with Gasteiger partial charge in [0.2, 0.25) is 0 Å². The van der Waals surface area contributed by atoms with Gasteiger partial charge in [-0.3, -0.25) is 0 Å². The van der Waals surface area contributed by atoms with Crippen molar-refractivity contribution in [3.8, 4) is 0 Å². The molecule has 0 saturated carbocycles. The maximum Gasteiger partial charge on any atom is 0.123 e. The number of aliphatic hydroxyl groups excluding tert-OH is 1. The Morgan fingerprint density at radius 2 is 1.95 bits per heavy atom. The van der Waals surface area contributed by atoms with Crippen molar-refractivity contribution in [2.75, 3.05) is 26.8 Å². The quantitative estimate of drug-likeness (QED) is 0.889. The molecule has 0 amide bonds. The number of benzene rings is 1. The maximum atomic E-state index is 12.8. The highest BCUT2D eigenvalue weighted by atomic mass is 19.1. The summed E-state index contributed by atoms with van der Waals surface area (Å²) in [5.41, 5.74) is 0.779. The third-order valence-corrected chi connectivity index (χ3v) is 3.82. The standard InChI is InChI=1S/C15H22FNO2/c1-17(14-7-10-19-11-8-14)9-6-15(18)12-2-4-13(16)5-3-12/h2-5,14-15,18H,6-11H2,1H3. The van der Waals surface area contributed by atoms with Gasteiger partial charge in [-0.2, -0.15) is 0 Å². The molecule has 0 aliphatic carbocycles. The summed E-state index contributed by atoms with van der Waals surface area (Å²) in [6.45, 7) is 2.49. The van der Waals surface area contributed by atoms with Crippen molar-refractivity contribution >= 4 is 0 Å². The number of hydrogen-bond acceptors (Lipinski definition) is 3. The number of ether oxygens (including phenoxy) is 1. The van der Waals surface area contributed by atoms with Crippen molar-refractivity contribution in [3.05, 3.63) is 35.6 Å². The Balaban J connectivity index is 1.79. The van der Waals surface area contributed by atoms with Crippen LogP contribution in [0.2, 0.25) is 0 Å². The lowest BCUT2D eigenvalue weighted by atomic mass is 10.0. The lowest BCUT2D eigenvalue weighted by Gasteiger charge is -2.31. The lowest BCUT2D eigenvalue weighted by molar-refractivity contribution is 0.0377. The highest BCUT2D eigenvalue weighted by Crippen LogP contribution is 2.19. The minimum Gasteiger partial charge on any atom is -0.388 e. The van der Waals surface area contributed by atoms with E-state index in [4.69, 9.17) is 4.74 Å². The van der Waals surface area contributed by atoms with Crippen molar-refractivity contribution in [2.24, 2.45) is 0 Å². The minimum absolute atomic E-state index is 0.268. The van der Waals surface area contributed by atoms with Gasteiger partial charge >= 0.3 is 0 Å². The molecule has 1 aromatic rings. The van der Waals surface area contributed by atoms with Gasteiger partial charge in [-0.1, -0.05) is 12.1 Å². The molecule has 1 unspecified atom stereocenters. The summed E-state index contributed by atoms with van der Waals surface area (Å²) >= 11 is 0. The monoisotopic (exact) mass is 267 g/mol. The summed E-state index contributed by atoms with van der Waals surface area (Å²) in [4.78, 5) is 2.29. The predicted molar refractivity (Wildman–Crippen MR) is 72.4 cm³/mol. The van der Waals surface area contributed by atoms with Crippen molar-refractivity contribution in [2.45, 2.75) is 31.4 Å². The highest BCUT2D eigenvalue weighted by Gasteiger charge is 2.19. The molecule has 0 aromatic heterocycles. The average Bonchev–Trinajstić information content (AvgIpc) is 2.46. The van der Waals surface area contributed by atoms with Crippen molar-refractivity contribution in [1.82, 2.24) is 4.90 Å². The predicted octanol–water partition coefficient (Wildman–Crippen LogP) is 2.36. The average molecular weight is 267 g/mol. The van der Waals surface area contributed by atoms with E-state index in [0.717, 1.165) is 38.2 Å². The van der Waals surface area contributed by atoms with Crippen LogP contribution in [0.1, 0.15) is 30.9 Å². The van der Waals surface area contributed by atoms with Crippen molar-refractivity contribution < 1.29 is 14.2 Å². The zero-order chi connectivity index (χ0) is 13.7. The normalized spacial score (nSPS) is 18.7. The molecule has 1 saturated heterocycles. The second kappa shape index (κ2) is 6.98. The highest BCUT2D eigenvalue weighted by molar-refractivity contribution is 5.18. The molecule has 1 aliphatic rings. The van der Waals surface area contributed by atoms with Gasteiger partial charge in [0.1, 0.15) is 5.82 Å². The Morgan fingerprint density at radius 3 is 2.58 bits per heavy atom. The molecule has 0 bridgehead atoms. The van der Waals surface area contributed by atoms with Gasteiger partial charge < -0.3 is 14.7 Å². The summed E-state index contributed by atoms with van der Waals surface area (Å²) in [5.74, 6) is -0.268. The fourth-order valence-corrected chi connectivity index (χ4v) is 2.49. The van der Waals surface area contributed by atoms with E-state index in [2.05, 4.69) is 11.9 Å². The van der Waals surface area contributed by atoms with E-state index in [0.29, 0.717) is 12.5 Å². The summed E-state index contributed by atoms with van der Waals surface area (Å²) in [6.07, 6.45) is 2.26. The van der Waals surface area contributed by atoms with E-state index in [1.165, 1.54) is 12.1 Å². The first kappa shape index (κ1) is 14.4. The maximum absolute atomic E-state index is 12.8. The van der Waals surface area contributed by atoms with E-state index in [1.54, 1.807) is 12.1 Å². The molecule has 1 N–H and O–H groups in total. The molecule has 1 aliphatic heterocycles. The van der Waals surface area contributed by atoms with Gasteiger partial charge in [0.15, 0.2) is 0 Å². The van der Waals surface area contributed by atoms with Gasteiger partial charge in [-0.05, 0) is 44.0 Å². The van der Waals surface area contributed by atoms with Crippen LogP contribution >= 0.6 is 0 Å². The molecule has 4 heteroatoms. The molecular weight excluding hydrogens is 245 g/mol. The van der Waals surface area contributed by atoms with E-state index in [-0.39, 0.29) is 5.82 Å². The summed E-state index contributed by atoms with van der Waals surface area (Å²) in [7, 11) is 2.09. The topological polar surface area (TPSA) is 32.7 Å². The van der Waals surface area contributed by atoms with Crippen molar-refractivity contribution in [1.29, 1.82) is 0 Å². The van der Waals surface area contributed by atoms with Crippen LogP contribution in [-0.2, 0) is 4.74 Å². The largest absolute Gasteiger partial charge is 0.388 e. The van der Waals surface area contributed by atoms with Crippen molar-refractivity contribution in [3.63, 3.8) is 0 Å². The second-order valence-corrected chi connectivity index (χ2v) is 5.18. The Labute approximate surface area is 114 Å². The summed E-state index contributed by atoms with van der Waals surface area (Å²) in [5, 5.41) is 10.1. The van der Waals surface area contributed by atoms with Crippen LogP contribution in [0.15, 0.2) is 24.3 Å². The molecule has 19 heavy (non-hydrogen) atoms. The van der Waals surface area contributed by atoms with E-state index >= 15 is 0 Å². The molecule has 2 rings (SSSR count). The van der Waals surface area contributed by atoms with Gasteiger partial charge in [0, 0.05) is 25.8 Å². The van der Waals surface area contributed by atoms with Gasteiger partial charge in [-0.15, -0.1) is 0 Å². The smallest absolute Gasteiger partial charge is 0.123 e. The van der Waals surface area contributed by atoms with Crippen LogP contribution in [-0.4, -0.2) is 42.9 Å². The fourth-order valence-electron chi connectivity index (χ4n) is 2.49. The Kier molecular flexibility index (Phi) is 5.31. The molecule has 0 radical (unpaired) electrons. The Morgan fingerprint density at radius 1 is 1.32 bits per heavy atom. The minimum atomic E-state index is -0.525. The fraction of sp³-hybridized carbons (Fsp3) is 0.600. The van der Waals surface area contributed by atoms with Crippen LogP contribution < -0.4 is 0 Å². The molecular formula is C15H22FNO2. The molecule has 3 nitrogen and oxygen atoms in total. The SMILES string of the molecule is CN(CCC(O)c1ccc(F)cc1)C1CCOCC1. The molecule has 1 aromatic carbocycles. The van der Waals surface area contributed by atoms with Gasteiger partial charge in [0.25, 0.3) is 0 Å². The van der Waals surface area contributed by atoms with E-state index in [1.807, 2.05) is 0 Å². The van der Waals surface area contributed by atoms with Gasteiger partial charge in [0.05, 0.1) is 6.10 Å². The van der Waals surface area contributed by atoms with E-state index < -0.39 is 6.10 Å². The molecule has 1 atom stereocenters. The van der Waals surface area contributed by atoms with Crippen LogP contribution in [0.3, 0.4) is 0 Å². The summed E-state index contributed by atoms with van der Waals surface area (Å²) < 4.78 is 18.1. The number of rotatable bonds is 5. The Hall–Kier alpha value is -0.970. The third kappa shape index (κ3) is 4.27. The number of halogens is 1. The van der Waals surface area contributed by atoms with Crippen LogP contribution in [0.4, 0.5) is 4.39 Å². The van der Waals surface area contributed by atoms with E-state index in [9.17, 15) is 9.50 Å². The number of aliphatic hydroxyl groups is 1. The summed E-state index contributed by atoms with van der Waals surface area (Å²) in [6, 6.07) is 6.62. The Bertz CT molecular complexity index is 376. The third-order valence-electron chi connectivity index (χ3n) is 3.82. The van der Waals surface area contributed by atoms with Crippen LogP contribution in [0.5, 0.6) is 0 Å². The zero-order valence-corrected chi connectivity index (χ0v) is 11.4. The number of hydrogen-bond donors (Lipinski definition) is 1. The molecule has 1 heterocycles. The first-order chi connectivity index (χ1) is 9.16. The molecule has 0 spiro atoms. The number of nitrogens with zero attached hydrogens (tertiary/aromatic N) is 1. The molecule has 1 fully saturated rings. The first-order valence-electron chi connectivity index (χ1n) is 6.88. The van der Waals surface area contributed by atoms with Crippen LogP contribution in [0.25, 0.3) is 0 Å². The lowest BCUT2D eigenvalue weighted by Crippen LogP contribution is -2.37. The van der Waals surface area contributed by atoms with Gasteiger partial charge in [-0.25, -0.2) is 4.39 Å². The molecule has 106 valence electrons. The second-order valence-electron chi connectivity index (χ2n) is 5.18. The van der Waals surface area contributed by atoms with Crippen LogP contribution in [0, 0.1) is 5.82 Å².